The Hall–Kier alpha value is -1.45. The predicted molar refractivity (Wildman–Crippen MR) is 78.3 cm³/mol. The van der Waals surface area contributed by atoms with Gasteiger partial charge in [0.2, 0.25) is 0 Å². The monoisotopic (exact) mass is 275 g/mol. The Kier molecular flexibility index (Phi) is 4.88. The van der Waals surface area contributed by atoms with Crippen molar-refractivity contribution in [2.45, 2.75) is 32.2 Å². The molecule has 1 aromatic carbocycles. The molecular weight excluding hydrogens is 258 g/mol. The third kappa shape index (κ3) is 4.30. The lowest BCUT2D eigenvalue weighted by molar-refractivity contribution is 0.642. The van der Waals surface area contributed by atoms with Crippen LogP contribution in [-0.4, -0.2) is 16.0 Å². The fourth-order valence-electron chi connectivity index (χ4n) is 1.81. The standard InChI is InChI=1S/C15H18ClN3/c1-2-14(17)7-12-9-18-15(19-10-12)8-11-3-5-13(16)6-4-11/h3-6,9-10,14H,2,7-8,17H2,1H3. The Morgan fingerprint density at radius 1 is 1.11 bits per heavy atom. The molecule has 2 aromatic rings. The molecule has 1 aromatic heterocycles. The van der Waals surface area contributed by atoms with E-state index in [1.165, 1.54) is 0 Å². The number of nitrogens with zero attached hydrogens (tertiary/aromatic N) is 2. The van der Waals surface area contributed by atoms with Crippen molar-refractivity contribution in [1.82, 2.24) is 9.97 Å². The summed E-state index contributed by atoms with van der Waals surface area (Å²) in [7, 11) is 0. The van der Waals surface area contributed by atoms with Crippen LogP contribution in [0.1, 0.15) is 30.3 Å². The van der Waals surface area contributed by atoms with Crippen LogP contribution in [0.4, 0.5) is 0 Å². The molecule has 1 atom stereocenters. The van der Waals surface area contributed by atoms with Gasteiger partial charge in [0.1, 0.15) is 5.82 Å². The largest absolute Gasteiger partial charge is 0.327 e. The second kappa shape index (κ2) is 6.64. The average molecular weight is 276 g/mol. The van der Waals surface area contributed by atoms with Gasteiger partial charge in [0.25, 0.3) is 0 Å². The summed E-state index contributed by atoms with van der Waals surface area (Å²) < 4.78 is 0. The summed E-state index contributed by atoms with van der Waals surface area (Å²) in [4.78, 5) is 8.77. The minimum atomic E-state index is 0.186. The van der Waals surface area contributed by atoms with Crippen molar-refractivity contribution in [2.24, 2.45) is 5.73 Å². The summed E-state index contributed by atoms with van der Waals surface area (Å²) in [6, 6.07) is 7.93. The summed E-state index contributed by atoms with van der Waals surface area (Å²) in [6.45, 7) is 2.08. The van der Waals surface area contributed by atoms with Gasteiger partial charge >= 0.3 is 0 Å². The van der Waals surface area contributed by atoms with Crippen molar-refractivity contribution in [2.75, 3.05) is 0 Å². The number of benzene rings is 1. The minimum absolute atomic E-state index is 0.186. The van der Waals surface area contributed by atoms with Gasteiger partial charge in [-0.2, -0.15) is 0 Å². The van der Waals surface area contributed by atoms with Gasteiger partial charge in [0.15, 0.2) is 0 Å². The topological polar surface area (TPSA) is 51.8 Å². The van der Waals surface area contributed by atoms with Crippen molar-refractivity contribution in [3.8, 4) is 0 Å². The molecule has 0 radical (unpaired) electrons. The molecule has 0 saturated carbocycles. The van der Waals surface area contributed by atoms with Crippen LogP contribution in [0.25, 0.3) is 0 Å². The van der Waals surface area contributed by atoms with Crippen LogP contribution in [0.15, 0.2) is 36.7 Å². The number of nitrogens with two attached hydrogens (primary N) is 1. The molecule has 0 saturated heterocycles. The second-order valence-corrected chi connectivity index (χ2v) is 5.12. The maximum Gasteiger partial charge on any atom is 0.132 e. The van der Waals surface area contributed by atoms with Gasteiger partial charge in [-0.15, -0.1) is 0 Å². The molecule has 2 N–H and O–H groups in total. The Balaban J connectivity index is 2.00. The number of rotatable bonds is 5. The molecule has 1 heterocycles. The van der Waals surface area contributed by atoms with Crippen molar-refractivity contribution < 1.29 is 0 Å². The summed E-state index contributed by atoms with van der Waals surface area (Å²) >= 11 is 5.85. The normalized spacial score (nSPS) is 12.4. The van der Waals surface area contributed by atoms with Crippen LogP contribution >= 0.6 is 11.6 Å². The SMILES string of the molecule is CCC(N)Cc1cnc(Cc2ccc(Cl)cc2)nc1. The van der Waals surface area contributed by atoms with Crippen LogP contribution < -0.4 is 5.73 Å². The Morgan fingerprint density at radius 2 is 1.74 bits per heavy atom. The summed E-state index contributed by atoms with van der Waals surface area (Å²) in [6.07, 6.45) is 6.25. The van der Waals surface area contributed by atoms with E-state index in [9.17, 15) is 0 Å². The lowest BCUT2D eigenvalue weighted by Gasteiger charge is -2.08. The highest BCUT2D eigenvalue weighted by molar-refractivity contribution is 6.30. The first-order valence-corrected chi connectivity index (χ1v) is 6.85. The van der Waals surface area contributed by atoms with E-state index in [1.807, 2.05) is 36.7 Å². The van der Waals surface area contributed by atoms with Crippen LogP contribution in [0, 0.1) is 0 Å². The van der Waals surface area contributed by atoms with Crippen LogP contribution in [0.5, 0.6) is 0 Å². The highest BCUT2D eigenvalue weighted by Crippen LogP contribution is 2.12. The van der Waals surface area contributed by atoms with Crippen molar-refractivity contribution in [1.29, 1.82) is 0 Å². The smallest absolute Gasteiger partial charge is 0.132 e. The first kappa shape index (κ1) is 14.0. The molecule has 0 bridgehead atoms. The van der Waals surface area contributed by atoms with E-state index in [-0.39, 0.29) is 6.04 Å². The summed E-state index contributed by atoms with van der Waals surface area (Å²) in [5.74, 6) is 0.816. The Labute approximate surface area is 118 Å². The molecule has 0 aliphatic carbocycles. The fraction of sp³-hybridized carbons (Fsp3) is 0.333. The predicted octanol–water partition coefficient (Wildman–Crippen LogP) is 3.00. The van der Waals surface area contributed by atoms with Crippen LogP contribution in [0.3, 0.4) is 0 Å². The molecule has 100 valence electrons. The average Bonchev–Trinajstić information content (AvgIpc) is 2.43. The quantitative estimate of drug-likeness (QED) is 0.913. The summed E-state index contributed by atoms with van der Waals surface area (Å²) in [5, 5.41) is 0.744. The number of aromatic nitrogens is 2. The maximum atomic E-state index is 5.91. The van der Waals surface area contributed by atoms with Gasteiger partial charge in [0.05, 0.1) is 0 Å². The van der Waals surface area contributed by atoms with E-state index < -0.39 is 0 Å². The lowest BCUT2D eigenvalue weighted by atomic mass is 10.1. The van der Waals surface area contributed by atoms with Gasteiger partial charge in [-0.1, -0.05) is 30.7 Å². The summed E-state index contributed by atoms with van der Waals surface area (Å²) in [5.41, 5.74) is 8.16. The highest BCUT2D eigenvalue weighted by atomic mass is 35.5. The minimum Gasteiger partial charge on any atom is -0.327 e. The van der Waals surface area contributed by atoms with Gasteiger partial charge < -0.3 is 5.73 Å². The molecule has 19 heavy (non-hydrogen) atoms. The van der Waals surface area contributed by atoms with Gasteiger partial charge in [-0.3, -0.25) is 0 Å². The van der Waals surface area contributed by atoms with Crippen molar-refractivity contribution in [3.05, 3.63) is 58.6 Å². The Bertz CT molecular complexity index is 508. The van der Waals surface area contributed by atoms with E-state index in [2.05, 4.69) is 16.9 Å². The first-order valence-electron chi connectivity index (χ1n) is 6.47. The molecule has 3 nitrogen and oxygen atoms in total. The molecule has 0 fully saturated rings. The lowest BCUT2D eigenvalue weighted by Crippen LogP contribution is -2.21. The zero-order valence-electron chi connectivity index (χ0n) is 11.0. The number of hydrogen-bond donors (Lipinski definition) is 1. The molecule has 1 unspecified atom stereocenters. The van der Waals surface area contributed by atoms with Crippen molar-refractivity contribution in [3.63, 3.8) is 0 Å². The zero-order valence-corrected chi connectivity index (χ0v) is 11.8. The first-order chi connectivity index (χ1) is 9.17. The molecular formula is C15H18ClN3. The van der Waals surface area contributed by atoms with Crippen LogP contribution in [-0.2, 0) is 12.8 Å². The van der Waals surface area contributed by atoms with E-state index in [0.29, 0.717) is 0 Å². The molecule has 0 spiro atoms. The fourth-order valence-corrected chi connectivity index (χ4v) is 1.94. The zero-order chi connectivity index (χ0) is 13.7. The third-order valence-electron chi connectivity index (χ3n) is 3.06. The molecule has 4 heteroatoms. The van der Waals surface area contributed by atoms with E-state index in [4.69, 9.17) is 17.3 Å². The van der Waals surface area contributed by atoms with E-state index in [1.54, 1.807) is 0 Å². The molecule has 0 aliphatic heterocycles. The van der Waals surface area contributed by atoms with E-state index in [0.717, 1.165) is 41.2 Å². The van der Waals surface area contributed by atoms with Gasteiger partial charge in [-0.25, -0.2) is 9.97 Å². The van der Waals surface area contributed by atoms with E-state index >= 15 is 0 Å². The van der Waals surface area contributed by atoms with Gasteiger partial charge in [0, 0.05) is 29.9 Å². The van der Waals surface area contributed by atoms with Crippen molar-refractivity contribution >= 4 is 11.6 Å². The number of halogens is 1. The third-order valence-corrected chi connectivity index (χ3v) is 3.31. The maximum absolute atomic E-state index is 5.91. The molecule has 2 rings (SSSR count). The molecule has 0 aliphatic rings. The number of hydrogen-bond acceptors (Lipinski definition) is 3. The Morgan fingerprint density at radius 3 is 2.32 bits per heavy atom. The molecule has 0 amide bonds. The second-order valence-electron chi connectivity index (χ2n) is 4.68. The van der Waals surface area contributed by atoms with Gasteiger partial charge in [-0.05, 0) is 36.1 Å². The van der Waals surface area contributed by atoms with Crippen LogP contribution in [0.2, 0.25) is 5.02 Å². The highest BCUT2D eigenvalue weighted by Gasteiger charge is 2.04.